The van der Waals surface area contributed by atoms with Crippen LogP contribution < -0.4 is 0 Å². The molecule has 0 fully saturated rings. The number of hydrogen-bond donors (Lipinski definition) is 0. The van der Waals surface area contributed by atoms with Gasteiger partial charge in [0.25, 0.3) is 0 Å². The number of furan rings is 1. The van der Waals surface area contributed by atoms with E-state index in [0.717, 1.165) is 11.2 Å². The maximum Gasteiger partial charge on any atom is 0.136 e. The monoisotopic (exact) mass is 752 g/mol. The van der Waals surface area contributed by atoms with E-state index in [1.165, 1.54) is 118 Å². The largest absolute Gasteiger partial charge is 0.456 e. The number of hydrogen-bond acceptors (Lipinski definition) is 2. The van der Waals surface area contributed by atoms with Gasteiger partial charge in [0.2, 0.25) is 0 Å². The highest BCUT2D eigenvalue weighted by Gasteiger charge is 2.18. The van der Waals surface area contributed by atoms with Crippen LogP contribution in [0.2, 0.25) is 0 Å². The van der Waals surface area contributed by atoms with Crippen LogP contribution in [0.25, 0.3) is 129 Å². The molecule has 0 spiro atoms. The van der Waals surface area contributed by atoms with Gasteiger partial charge in [-0.05, 0) is 142 Å². The quantitative estimate of drug-likeness (QED) is 0.164. The maximum absolute atomic E-state index is 6.22. The third-order valence-electron chi connectivity index (χ3n) is 12.4. The summed E-state index contributed by atoms with van der Waals surface area (Å²) in [6.07, 6.45) is 0. The molecule has 0 bridgehead atoms. The van der Waals surface area contributed by atoms with Crippen molar-refractivity contribution in [3.63, 3.8) is 0 Å². The predicted molar refractivity (Wildman–Crippen MR) is 250 cm³/mol. The zero-order valence-electron chi connectivity index (χ0n) is 31.3. The molecular formula is C56H32OS. The lowest BCUT2D eigenvalue weighted by atomic mass is 9.85. The summed E-state index contributed by atoms with van der Waals surface area (Å²) in [6, 6.07) is 71.7. The lowest BCUT2D eigenvalue weighted by Gasteiger charge is -2.18. The lowest BCUT2D eigenvalue weighted by molar-refractivity contribution is 0.669. The Labute approximate surface area is 337 Å². The topological polar surface area (TPSA) is 13.1 Å². The minimum Gasteiger partial charge on any atom is -0.456 e. The summed E-state index contributed by atoms with van der Waals surface area (Å²) >= 11 is 1.87. The molecule has 268 valence electrons. The molecular weight excluding hydrogens is 721 g/mol. The van der Waals surface area contributed by atoms with E-state index < -0.39 is 0 Å². The van der Waals surface area contributed by atoms with Crippen molar-refractivity contribution >= 4 is 107 Å². The average Bonchev–Trinajstić information content (AvgIpc) is 3.84. The van der Waals surface area contributed by atoms with Crippen LogP contribution in [0.1, 0.15) is 0 Å². The molecule has 1 nitrogen and oxygen atoms in total. The van der Waals surface area contributed by atoms with Gasteiger partial charge < -0.3 is 4.42 Å². The van der Waals surface area contributed by atoms with Crippen LogP contribution in [0.15, 0.2) is 199 Å². The van der Waals surface area contributed by atoms with E-state index in [1.807, 2.05) is 17.4 Å². The van der Waals surface area contributed by atoms with Crippen LogP contribution in [-0.2, 0) is 0 Å². The predicted octanol–water partition coefficient (Wildman–Crippen LogP) is 16.7. The van der Waals surface area contributed by atoms with Crippen molar-refractivity contribution in [1.82, 2.24) is 0 Å². The van der Waals surface area contributed by atoms with E-state index in [9.17, 15) is 0 Å². The van der Waals surface area contributed by atoms with Gasteiger partial charge in [0.05, 0.1) is 0 Å². The smallest absolute Gasteiger partial charge is 0.136 e. The van der Waals surface area contributed by atoms with Gasteiger partial charge >= 0.3 is 0 Å². The van der Waals surface area contributed by atoms with Gasteiger partial charge in [-0.1, -0.05) is 140 Å². The van der Waals surface area contributed by atoms with Gasteiger partial charge in [-0.2, -0.15) is 0 Å². The van der Waals surface area contributed by atoms with Crippen LogP contribution in [0.4, 0.5) is 0 Å². The number of thiophene rings is 1. The maximum atomic E-state index is 6.22. The summed E-state index contributed by atoms with van der Waals surface area (Å²) in [5.41, 5.74) is 9.39. The van der Waals surface area contributed by atoms with Crippen molar-refractivity contribution in [1.29, 1.82) is 0 Å². The molecule has 58 heavy (non-hydrogen) atoms. The second-order valence-electron chi connectivity index (χ2n) is 15.6. The standard InChI is InChI=1S/C56H32OS/c1-2-10-34-28-40(21-17-33(34)9-1)54-42-11-3-5-13-44(42)55(45-14-6-4-12-43(45)54)41-22-20-35-27-36(18-19-37(35)29-41)38-24-26-52-48(30-38)49-31-39-23-25-51-56(47(39)32-53(49)58-52)46-15-7-8-16-50(46)57-51/h1-32H. The van der Waals surface area contributed by atoms with Crippen molar-refractivity contribution in [2.24, 2.45) is 0 Å². The van der Waals surface area contributed by atoms with Gasteiger partial charge in [0, 0.05) is 30.9 Å². The van der Waals surface area contributed by atoms with E-state index in [2.05, 4.69) is 188 Å². The van der Waals surface area contributed by atoms with Crippen molar-refractivity contribution in [3.8, 4) is 33.4 Å². The van der Waals surface area contributed by atoms with Crippen molar-refractivity contribution < 1.29 is 4.42 Å². The van der Waals surface area contributed by atoms with Crippen molar-refractivity contribution in [3.05, 3.63) is 194 Å². The molecule has 11 aromatic carbocycles. The fourth-order valence-corrected chi connectivity index (χ4v) is 10.8. The minimum atomic E-state index is 0.936. The van der Waals surface area contributed by atoms with Crippen molar-refractivity contribution in [2.45, 2.75) is 0 Å². The Kier molecular flexibility index (Phi) is 6.66. The third kappa shape index (κ3) is 4.70. The van der Waals surface area contributed by atoms with Gasteiger partial charge in [-0.15, -0.1) is 11.3 Å². The zero-order chi connectivity index (χ0) is 37.9. The van der Waals surface area contributed by atoms with E-state index in [0.29, 0.717) is 0 Å². The summed E-state index contributed by atoms with van der Waals surface area (Å²) in [5.74, 6) is 0. The molecule has 0 aliphatic heterocycles. The first-order chi connectivity index (χ1) is 28.7. The normalized spacial score (nSPS) is 12.1. The van der Waals surface area contributed by atoms with E-state index in [4.69, 9.17) is 4.42 Å². The Hall–Kier alpha value is -7.26. The Morgan fingerprint density at radius 2 is 0.776 bits per heavy atom. The van der Waals surface area contributed by atoms with E-state index in [1.54, 1.807) is 0 Å². The SMILES string of the molecule is c1ccc2cc(-c3c4ccccc4c(-c4ccc5cc(-c6ccc7sc8cc9c(ccc%10oc%11ccccc%11c%109)cc8c7c6)ccc5c4)c4ccccc34)ccc2c1. The number of fused-ring (bicyclic) bond motifs is 12. The average molecular weight is 753 g/mol. The molecule has 13 aromatic rings. The molecule has 2 aromatic heterocycles. The Morgan fingerprint density at radius 1 is 0.276 bits per heavy atom. The molecule has 0 radical (unpaired) electrons. The Balaban J connectivity index is 0.926. The first kappa shape index (κ1) is 31.9. The van der Waals surface area contributed by atoms with Crippen LogP contribution in [0.3, 0.4) is 0 Å². The van der Waals surface area contributed by atoms with Gasteiger partial charge in [-0.25, -0.2) is 0 Å². The minimum absolute atomic E-state index is 0.936. The second kappa shape index (κ2) is 12.1. The van der Waals surface area contributed by atoms with E-state index in [-0.39, 0.29) is 0 Å². The Bertz CT molecular complexity index is 3810. The van der Waals surface area contributed by atoms with Gasteiger partial charge in [0.15, 0.2) is 0 Å². The van der Waals surface area contributed by atoms with Crippen LogP contribution >= 0.6 is 11.3 Å². The summed E-state index contributed by atoms with van der Waals surface area (Å²) in [6.45, 7) is 0. The molecule has 0 aliphatic carbocycles. The molecule has 13 rings (SSSR count). The molecule has 0 amide bonds. The number of benzene rings is 11. The third-order valence-corrected chi connectivity index (χ3v) is 13.5. The summed E-state index contributed by atoms with van der Waals surface area (Å²) in [5, 5.41) is 17.5. The molecule has 2 heterocycles. The van der Waals surface area contributed by atoms with Crippen molar-refractivity contribution in [2.75, 3.05) is 0 Å². The number of rotatable bonds is 3. The fourth-order valence-electron chi connectivity index (χ4n) is 9.67. The molecule has 0 aliphatic rings. The summed E-state index contributed by atoms with van der Waals surface area (Å²) < 4.78 is 8.83. The molecule has 0 atom stereocenters. The van der Waals surface area contributed by atoms with Gasteiger partial charge in [0.1, 0.15) is 11.2 Å². The molecule has 0 saturated heterocycles. The highest BCUT2D eigenvalue weighted by Crippen LogP contribution is 2.46. The second-order valence-corrected chi connectivity index (χ2v) is 16.7. The van der Waals surface area contributed by atoms with Crippen LogP contribution in [0.5, 0.6) is 0 Å². The Morgan fingerprint density at radius 3 is 1.48 bits per heavy atom. The zero-order valence-corrected chi connectivity index (χ0v) is 32.1. The van der Waals surface area contributed by atoms with Gasteiger partial charge in [-0.3, -0.25) is 0 Å². The molecule has 0 unspecified atom stereocenters. The molecule has 0 saturated carbocycles. The number of para-hydroxylation sites is 1. The highest BCUT2D eigenvalue weighted by molar-refractivity contribution is 7.25. The summed E-state index contributed by atoms with van der Waals surface area (Å²) in [4.78, 5) is 0. The molecule has 0 N–H and O–H groups in total. The molecule has 2 heteroatoms. The highest BCUT2D eigenvalue weighted by atomic mass is 32.1. The lowest BCUT2D eigenvalue weighted by Crippen LogP contribution is -1.91. The van der Waals surface area contributed by atoms with E-state index >= 15 is 0 Å². The summed E-state index contributed by atoms with van der Waals surface area (Å²) in [7, 11) is 0. The first-order valence-electron chi connectivity index (χ1n) is 19.9. The fraction of sp³-hybridized carbons (Fsp3) is 0. The first-order valence-corrected chi connectivity index (χ1v) is 20.7. The van der Waals surface area contributed by atoms with Crippen LogP contribution in [0, 0.1) is 0 Å². The van der Waals surface area contributed by atoms with Crippen LogP contribution in [-0.4, -0.2) is 0 Å².